The van der Waals surface area contributed by atoms with Gasteiger partial charge in [0.1, 0.15) is 4.99 Å². The van der Waals surface area contributed by atoms with Gasteiger partial charge in [-0.1, -0.05) is 38.2 Å². The molecule has 1 rings (SSSR count). The van der Waals surface area contributed by atoms with Gasteiger partial charge in [0.05, 0.1) is 0 Å². The smallest absolute Gasteiger partial charge is 0.224 e. The Balaban J connectivity index is 2.22. The van der Waals surface area contributed by atoms with Gasteiger partial charge in [-0.2, -0.15) is 11.8 Å². The second-order valence-electron chi connectivity index (χ2n) is 8.02. The number of thioether (sulfide) groups is 1. The maximum atomic E-state index is 12.5. The highest BCUT2D eigenvalue weighted by Crippen LogP contribution is 2.19. The van der Waals surface area contributed by atoms with E-state index in [0.717, 1.165) is 86.0 Å². The van der Waals surface area contributed by atoms with Gasteiger partial charge < -0.3 is 24.8 Å². The van der Waals surface area contributed by atoms with Crippen molar-refractivity contribution in [3.63, 3.8) is 0 Å². The summed E-state index contributed by atoms with van der Waals surface area (Å²) in [5.74, 6) is 1.11. The van der Waals surface area contributed by atoms with Crippen molar-refractivity contribution in [1.82, 2.24) is 5.32 Å². The van der Waals surface area contributed by atoms with E-state index in [1.165, 1.54) is 0 Å². The number of aryl methyl sites for hydroxylation is 1. The Morgan fingerprint density at radius 2 is 1.59 bits per heavy atom. The van der Waals surface area contributed by atoms with Crippen molar-refractivity contribution in [2.75, 3.05) is 63.5 Å². The standard InChI is InChI=1S/C26H44N2O4S2/c1-4-14-30-16-8-18-32-19-9-17-31-15-6-10-25(29)28-24-21-23(12-11-22(24)5-2)26(33)27-13-7-20-34-3/h11-12,21H,4-10,13-20H2,1-3H3,(H,27,33)(H,28,29). The monoisotopic (exact) mass is 512 g/mol. The zero-order valence-electron chi connectivity index (χ0n) is 21.3. The van der Waals surface area contributed by atoms with Crippen LogP contribution in [0.4, 0.5) is 5.69 Å². The molecule has 0 saturated heterocycles. The Kier molecular flexibility index (Phi) is 19.2. The molecule has 0 radical (unpaired) electrons. The normalized spacial score (nSPS) is 10.9. The van der Waals surface area contributed by atoms with Crippen molar-refractivity contribution in [2.24, 2.45) is 0 Å². The first-order valence-corrected chi connectivity index (χ1v) is 14.4. The molecule has 0 spiro atoms. The predicted molar refractivity (Wildman–Crippen MR) is 148 cm³/mol. The molecule has 194 valence electrons. The molecule has 0 saturated carbocycles. The largest absolute Gasteiger partial charge is 0.381 e. The molecule has 2 N–H and O–H groups in total. The van der Waals surface area contributed by atoms with Crippen molar-refractivity contribution >= 4 is 40.6 Å². The molecule has 0 fully saturated rings. The Morgan fingerprint density at radius 1 is 0.941 bits per heavy atom. The summed E-state index contributed by atoms with van der Waals surface area (Å²) >= 11 is 7.36. The average Bonchev–Trinajstić information content (AvgIpc) is 2.84. The molecule has 1 aromatic carbocycles. The van der Waals surface area contributed by atoms with Gasteiger partial charge >= 0.3 is 0 Å². The summed E-state index contributed by atoms with van der Waals surface area (Å²) in [6.07, 6.45) is 7.99. The van der Waals surface area contributed by atoms with Crippen LogP contribution in [0.3, 0.4) is 0 Å². The SMILES string of the molecule is CCCOCCCOCCCOCCCC(=O)Nc1cc(C(=S)NCCCSC)ccc1CC. The van der Waals surface area contributed by atoms with Gasteiger partial charge in [-0.3, -0.25) is 4.79 Å². The van der Waals surface area contributed by atoms with Crippen LogP contribution < -0.4 is 10.6 Å². The molecule has 0 aromatic heterocycles. The number of thiocarbonyl (C=S) groups is 1. The Hall–Kier alpha value is -1.19. The van der Waals surface area contributed by atoms with Crippen LogP contribution in [0, 0.1) is 0 Å². The highest BCUT2D eigenvalue weighted by molar-refractivity contribution is 7.98. The van der Waals surface area contributed by atoms with Crippen molar-refractivity contribution in [3.8, 4) is 0 Å². The van der Waals surface area contributed by atoms with Crippen LogP contribution in [0.15, 0.2) is 18.2 Å². The van der Waals surface area contributed by atoms with E-state index in [4.69, 9.17) is 26.4 Å². The first-order valence-electron chi connectivity index (χ1n) is 12.6. The molecular formula is C26H44N2O4S2. The van der Waals surface area contributed by atoms with E-state index in [2.05, 4.69) is 30.7 Å². The van der Waals surface area contributed by atoms with E-state index in [0.29, 0.717) is 32.7 Å². The van der Waals surface area contributed by atoms with E-state index in [-0.39, 0.29) is 5.91 Å². The molecule has 0 atom stereocenters. The minimum atomic E-state index is 0.00271. The first kappa shape index (κ1) is 30.8. The Bertz CT molecular complexity index is 689. The fourth-order valence-corrected chi connectivity index (χ4v) is 3.85. The van der Waals surface area contributed by atoms with Crippen LogP contribution in [0.5, 0.6) is 0 Å². The summed E-state index contributed by atoms with van der Waals surface area (Å²) in [7, 11) is 0. The second kappa shape index (κ2) is 21.1. The van der Waals surface area contributed by atoms with Gasteiger partial charge in [-0.05, 0) is 62.2 Å². The van der Waals surface area contributed by atoms with Crippen LogP contribution in [-0.2, 0) is 25.4 Å². The van der Waals surface area contributed by atoms with Gasteiger partial charge in [0, 0.05) is 63.9 Å². The van der Waals surface area contributed by atoms with Crippen molar-refractivity contribution in [1.29, 1.82) is 0 Å². The number of amides is 1. The lowest BCUT2D eigenvalue weighted by atomic mass is 10.1. The second-order valence-corrected chi connectivity index (χ2v) is 9.42. The van der Waals surface area contributed by atoms with Crippen LogP contribution in [-0.4, -0.2) is 69.1 Å². The maximum absolute atomic E-state index is 12.5. The molecule has 0 bridgehead atoms. The molecule has 1 aromatic rings. The fraction of sp³-hybridized carbons (Fsp3) is 0.692. The fourth-order valence-electron chi connectivity index (χ4n) is 3.19. The predicted octanol–water partition coefficient (Wildman–Crippen LogP) is 5.23. The Morgan fingerprint density at radius 3 is 2.21 bits per heavy atom. The van der Waals surface area contributed by atoms with E-state index in [1.807, 2.05) is 30.0 Å². The van der Waals surface area contributed by atoms with E-state index < -0.39 is 0 Å². The van der Waals surface area contributed by atoms with E-state index >= 15 is 0 Å². The number of carbonyl (C=O) groups is 1. The quantitative estimate of drug-likeness (QED) is 0.173. The van der Waals surface area contributed by atoms with Gasteiger partial charge in [-0.15, -0.1) is 0 Å². The van der Waals surface area contributed by atoms with Crippen LogP contribution in [0.1, 0.15) is 63.5 Å². The topological polar surface area (TPSA) is 68.8 Å². The molecule has 0 aliphatic carbocycles. The number of hydrogen-bond donors (Lipinski definition) is 2. The molecule has 34 heavy (non-hydrogen) atoms. The third-order valence-electron chi connectivity index (χ3n) is 5.03. The highest BCUT2D eigenvalue weighted by atomic mass is 32.2. The highest BCUT2D eigenvalue weighted by Gasteiger charge is 2.09. The molecule has 0 aliphatic heterocycles. The zero-order chi connectivity index (χ0) is 24.9. The van der Waals surface area contributed by atoms with Crippen molar-refractivity contribution in [2.45, 2.75) is 58.8 Å². The van der Waals surface area contributed by atoms with Gasteiger partial charge in [0.15, 0.2) is 0 Å². The average molecular weight is 513 g/mol. The summed E-state index contributed by atoms with van der Waals surface area (Å²) in [6, 6.07) is 6.05. The summed E-state index contributed by atoms with van der Waals surface area (Å²) in [6.45, 7) is 9.27. The number of hydrogen-bond acceptors (Lipinski definition) is 6. The van der Waals surface area contributed by atoms with Crippen LogP contribution >= 0.6 is 24.0 Å². The maximum Gasteiger partial charge on any atom is 0.224 e. The van der Waals surface area contributed by atoms with Gasteiger partial charge in [0.25, 0.3) is 0 Å². The number of anilines is 1. The van der Waals surface area contributed by atoms with Gasteiger partial charge in [0.2, 0.25) is 5.91 Å². The molecule has 8 heteroatoms. The summed E-state index contributed by atoms with van der Waals surface area (Å²) in [5, 5.41) is 6.37. The van der Waals surface area contributed by atoms with Crippen LogP contribution in [0.25, 0.3) is 0 Å². The zero-order valence-corrected chi connectivity index (χ0v) is 22.9. The molecule has 0 heterocycles. The number of benzene rings is 1. The summed E-state index contributed by atoms with van der Waals surface area (Å²) in [4.78, 5) is 13.2. The van der Waals surface area contributed by atoms with Crippen LogP contribution in [0.2, 0.25) is 0 Å². The number of carbonyl (C=O) groups excluding carboxylic acids is 1. The van der Waals surface area contributed by atoms with Gasteiger partial charge in [-0.25, -0.2) is 0 Å². The van der Waals surface area contributed by atoms with Crippen molar-refractivity contribution in [3.05, 3.63) is 29.3 Å². The third kappa shape index (κ3) is 14.9. The minimum absolute atomic E-state index is 0.00271. The minimum Gasteiger partial charge on any atom is -0.381 e. The van der Waals surface area contributed by atoms with E-state index in [1.54, 1.807) is 0 Å². The number of ether oxygens (including phenoxy) is 3. The summed E-state index contributed by atoms with van der Waals surface area (Å²) < 4.78 is 16.6. The number of nitrogens with one attached hydrogen (secondary N) is 2. The lowest BCUT2D eigenvalue weighted by Crippen LogP contribution is -2.24. The molecule has 6 nitrogen and oxygen atoms in total. The summed E-state index contributed by atoms with van der Waals surface area (Å²) in [5.41, 5.74) is 2.89. The Labute approximate surface area is 216 Å². The lowest BCUT2D eigenvalue weighted by Gasteiger charge is -2.14. The molecule has 0 unspecified atom stereocenters. The van der Waals surface area contributed by atoms with Crippen molar-refractivity contribution < 1.29 is 19.0 Å². The molecule has 1 amide bonds. The lowest BCUT2D eigenvalue weighted by molar-refractivity contribution is -0.116. The molecule has 0 aliphatic rings. The molecular weight excluding hydrogens is 468 g/mol. The van der Waals surface area contributed by atoms with E-state index in [9.17, 15) is 4.79 Å². The first-order chi connectivity index (χ1) is 16.6. The number of rotatable bonds is 21. The third-order valence-corrected chi connectivity index (χ3v) is 6.11.